The van der Waals surface area contributed by atoms with Crippen LogP contribution in [0.1, 0.15) is 16.7 Å². The number of anilines is 4. The molecule has 0 radical (unpaired) electrons. The van der Waals surface area contributed by atoms with Crippen molar-refractivity contribution in [1.29, 1.82) is 0 Å². The van der Waals surface area contributed by atoms with Crippen molar-refractivity contribution >= 4 is 22.7 Å². The van der Waals surface area contributed by atoms with Crippen molar-refractivity contribution < 1.29 is 0 Å². The third kappa shape index (κ3) is 4.68. The van der Waals surface area contributed by atoms with Crippen molar-refractivity contribution in [3.05, 3.63) is 83.4 Å². The van der Waals surface area contributed by atoms with Gasteiger partial charge in [-0.3, -0.25) is 0 Å². The summed E-state index contributed by atoms with van der Waals surface area (Å²) < 4.78 is 0. The highest BCUT2D eigenvalue weighted by atomic mass is 14.6. The molecule has 0 heterocycles. The molecule has 0 spiro atoms. The molecule has 3 rings (SSSR count). The lowest BCUT2D eigenvalue weighted by molar-refractivity contribution is 1.20. The minimum Gasteiger partial charge on any atom is -0.399 e. The van der Waals surface area contributed by atoms with Gasteiger partial charge in [0.05, 0.1) is 0 Å². The molecule has 0 aliphatic rings. The first kappa shape index (κ1) is 17.2. The van der Waals surface area contributed by atoms with Crippen molar-refractivity contribution in [1.82, 2.24) is 0 Å². The molecule has 4 heteroatoms. The fourth-order valence-corrected chi connectivity index (χ4v) is 2.22. The van der Waals surface area contributed by atoms with Crippen molar-refractivity contribution in [3.63, 3.8) is 0 Å². The van der Waals surface area contributed by atoms with Crippen LogP contribution in [0.3, 0.4) is 0 Å². The van der Waals surface area contributed by atoms with Gasteiger partial charge in [-0.25, -0.2) is 0 Å². The maximum Gasteiger partial charge on any atom is 0.0364 e. The van der Waals surface area contributed by atoms with Gasteiger partial charge in [0.15, 0.2) is 0 Å². The Hall–Kier alpha value is -3.14. The lowest BCUT2D eigenvalue weighted by atomic mass is 10.0. The van der Waals surface area contributed by atoms with Crippen LogP contribution in [0.2, 0.25) is 0 Å². The average molecular weight is 320 g/mol. The summed E-state index contributed by atoms with van der Waals surface area (Å²) in [6.07, 6.45) is 0.854. The van der Waals surface area contributed by atoms with Crippen LogP contribution < -0.4 is 22.9 Å². The van der Waals surface area contributed by atoms with Crippen LogP contribution in [0.25, 0.3) is 0 Å². The molecule has 0 aliphatic heterocycles. The highest BCUT2D eigenvalue weighted by Crippen LogP contribution is 2.17. The highest BCUT2D eigenvalue weighted by molar-refractivity contribution is 5.60. The summed E-state index contributed by atoms with van der Waals surface area (Å²) in [4.78, 5) is 0. The third-order valence-corrected chi connectivity index (χ3v) is 3.85. The fourth-order valence-electron chi connectivity index (χ4n) is 2.22. The van der Waals surface area contributed by atoms with Gasteiger partial charge in [0.2, 0.25) is 0 Å². The predicted octanol–water partition coefficient (Wildman–Crippen LogP) is 3.60. The number of nitrogen functional groups attached to an aromatic ring is 4. The van der Waals surface area contributed by atoms with Gasteiger partial charge in [-0.15, -0.1) is 0 Å². The largest absolute Gasteiger partial charge is 0.399 e. The van der Waals surface area contributed by atoms with Crippen LogP contribution in [0.5, 0.6) is 0 Å². The van der Waals surface area contributed by atoms with Crippen molar-refractivity contribution in [3.8, 4) is 0 Å². The van der Waals surface area contributed by atoms with Gasteiger partial charge in [-0.05, 0) is 60.4 Å². The van der Waals surface area contributed by atoms with E-state index in [4.69, 9.17) is 22.9 Å². The monoisotopic (exact) mass is 320 g/mol. The average Bonchev–Trinajstić information content (AvgIpc) is 2.57. The normalized spacial score (nSPS) is 9.88. The first-order valence-corrected chi connectivity index (χ1v) is 7.75. The van der Waals surface area contributed by atoms with E-state index in [1.165, 1.54) is 5.56 Å². The topological polar surface area (TPSA) is 104 Å². The smallest absolute Gasteiger partial charge is 0.0364 e. The zero-order valence-electron chi connectivity index (χ0n) is 13.9. The lowest BCUT2D eigenvalue weighted by Gasteiger charge is -2.05. The van der Waals surface area contributed by atoms with E-state index in [0.29, 0.717) is 0 Å². The summed E-state index contributed by atoms with van der Waals surface area (Å²) in [5.41, 5.74) is 29.1. The van der Waals surface area contributed by atoms with Gasteiger partial charge in [0, 0.05) is 22.7 Å². The molecule has 0 amide bonds. The Kier molecular flexibility index (Phi) is 5.68. The van der Waals surface area contributed by atoms with Gasteiger partial charge >= 0.3 is 0 Å². The van der Waals surface area contributed by atoms with Gasteiger partial charge in [-0.2, -0.15) is 0 Å². The molecule has 0 aromatic heterocycles. The van der Waals surface area contributed by atoms with Gasteiger partial charge in [0.1, 0.15) is 0 Å². The summed E-state index contributed by atoms with van der Waals surface area (Å²) in [6, 6.07) is 21.3. The molecule has 3 aromatic carbocycles. The number of hydrogen-bond donors (Lipinski definition) is 4. The van der Waals surface area contributed by atoms with Crippen molar-refractivity contribution in [2.24, 2.45) is 0 Å². The van der Waals surface area contributed by atoms with E-state index in [1.54, 1.807) is 0 Å². The maximum absolute atomic E-state index is 5.87. The minimum absolute atomic E-state index is 0.759. The van der Waals surface area contributed by atoms with Gasteiger partial charge in [-0.1, -0.05) is 36.4 Å². The highest BCUT2D eigenvalue weighted by Gasteiger charge is 1.99. The van der Waals surface area contributed by atoms with Crippen LogP contribution in [0.15, 0.2) is 66.7 Å². The predicted molar refractivity (Wildman–Crippen MR) is 105 cm³/mol. The molecule has 24 heavy (non-hydrogen) atoms. The lowest BCUT2D eigenvalue weighted by Crippen LogP contribution is -1.95. The van der Waals surface area contributed by atoms with E-state index in [2.05, 4.69) is 0 Å². The SMILES string of the molecule is Cc1c(N)cccc1N.Nc1ccc(Cc2ccccc2N)cc1. The van der Waals surface area contributed by atoms with Crippen LogP contribution >= 0.6 is 0 Å². The van der Waals surface area contributed by atoms with E-state index in [-0.39, 0.29) is 0 Å². The van der Waals surface area contributed by atoms with Crippen LogP contribution in [-0.2, 0) is 6.42 Å². The van der Waals surface area contributed by atoms with E-state index >= 15 is 0 Å². The van der Waals surface area contributed by atoms with Crippen LogP contribution in [-0.4, -0.2) is 0 Å². The first-order chi connectivity index (χ1) is 11.5. The number of rotatable bonds is 2. The molecule has 0 saturated heterocycles. The summed E-state index contributed by atoms with van der Waals surface area (Å²) >= 11 is 0. The molecule has 0 fully saturated rings. The summed E-state index contributed by atoms with van der Waals surface area (Å²) in [6.45, 7) is 1.91. The molecule has 124 valence electrons. The molecule has 8 N–H and O–H groups in total. The second kappa shape index (κ2) is 7.92. The third-order valence-electron chi connectivity index (χ3n) is 3.85. The quantitative estimate of drug-likeness (QED) is 0.541. The zero-order valence-corrected chi connectivity index (χ0v) is 13.9. The Labute approximate surface area is 143 Å². The first-order valence-electron chi connectivity index (χ1n) is 7.75. The number of hydrogen-bond acceptors (Lipinski definition) is 4. The molecule has 0 unspecified atom stereocenters. The minimum atomic E-state index is 0.759. The Bertz CT molecular complexity index is 775. The van der Waals surface area contributed by atoms with Crippen molar-refractivity contribution in [2.45, 2.75) is 13.3 Å². The second-order valence-corrected chi connectivity index (χ2v) is 5.68. The number of nitrogens with two attached hydrogens (primary N) is 4. The molecule has 0 atom stereocenters. The molecule has 0 aliphatic carbocycles. The van der Waals surface area contributed by atoms with Crippen LogP contribution in [0.4, 0.5) is 22.7 Å². The summed E-state index contributed by atoms with van der Waals surface area (Å²) in [5.74, 6) is 0. The Balaban J connectivity index is 0.000000198. The molecule has 0 bridgehead atoms. The fraction of sp³-hybridized carbons (Fsp3) is 0.100. The standard InChI is InChI=1S/C13H14N2.C7H10N2/c14-12-7-5-10(6-8-12)9-11-3-1-2-4-13(11)15;1-5-6(8)3-2-4-7(5)9/h1-8H,9,14-15H2;2-4H,8-9H2,1H3. The Morgan fingerprint density at radius 1 is 0.625 bits per heavy atom. The van der Waals surface area contributed by atoms with Crippen LogP contribution in [0, 0.1) is 6.92 Å². The molecule has 4 nitrogen and oxygen atoms in total. The Morgan fingerprint density at radius 3 is 1.71 bits per heavy atom. The summed E-state index contributed by atoms with van der Waals surface area (Å²) in [7, 11) is 0. The van der Waals surface area contributed by atoms with E-state index in [0.717, 1.165) is 40.3 Å². The van der Waals surface area contributed by atoms with Gasteiger partial charge < -0.3 is 22.9 Å². The summed E-state index contributed by atoms with van der Waals surface area (Å²) in [5, 5.41) is 0. The molecular weight excluding hydrogens is 296 g/mol. The van der Waals surface area contributed by atoms with E-state index < -0.39 is 0 Å². The van der Waals surface area contributed by atoms with E-state index in [1.807, 2.05) is 73.7 Å². The van der Waals surface area contributed by atoms with Crippen molar-refractivity contribution in [2.75, 3.05) is 22.9 Å². The van der Waals surface area contributed by atoms with Gasteiger partial charge in [0.25, 0.3) is 0 Å². The Morgan fingerprint density at radius 2 is 1.17 bits per heavy atom. The molecule has 3 aromatic rings. The second-order valence-electron chi connectivity index (χ2n) is 5.68. The number of benzene rings is 3. The number of para-hydroxylation sites is 1. The zero-order chi connectivity index (χ0) is 17.5. The molecular formula is C20H24N4. The van der Waals surface area contributed by atoms with E-state index in [9.17, 15) is 0 Å². The molecule has 0 saturated carbocycles. The maximum atomic E-state index is 5.87.